The number of hydrogen-bond donors (Lipinski definition) is 1. The number of aryl methyl sites for hydroxylation is 1. The molecule has 1 N–H and O–H groups in total. The van der Waals surface area contributed by atoms with E-state index < -0.39 is 11.6 Å². The first kappa shape index (κ1) is 17.3. The summed E-state index contributed by atoms with van der Waals surface area (Å²) in [4.78, 5) is 22.9. The first-order valence-electron chi connectivity index (χ1n) is 8.18. The number of anilines is 1. The number of carbonyl (C=O) groups is 1. The van der Waals surface area contributed by atoms with Crippen molar-refractivity contribution in [1.82, 2.24) is 15.3 Å². The summed E-state index contributed by atoms with van der Waals surface area (Å²) in [6.07, 6.45) is 3.88. The van der Waals surface area contributed by atoms with E-state index in [0.29, 0.717) is 12.4 Å². The zero-order valence-electron chi connectivity index (χ0n) is 14.2. The second-order valence-corrected chi connectivity index (χ2v) is 6.46. The second kappa shape index (κ2) is 7.13. The SMILES string of the molecule is CN(C)c1ncc2c(n1)CCC(NC(=O)Cc1ccc(F)cc1F)C2. The summed E-state index contributed by atoms with van der Waals surface area (Å²) in [5, 5.41) is 2.92. The lowest BCUT2D eigenvalue weighted by atomic mass is 9.92. The summed E-state index contributed by atoms with van der Waals surface area (Å²) in [7, 11) is 3.78. The minimum Gasteiger partial charge on any atom is -0.353 e. The predicted octanol–water partition coefficient (Wildman–Crippen LogP) is 2.04. The van der Waals surface area contributed by atoms with Gasteiger partial charge < -0.3 is 10.2 Å². The molecule has 0 fully saturated rings. The Labute approximate surface area is 145 Å². The predicted molar refractivity (Wildman–Crippen MR) is 90.4 cm³/mol. The summed E-state index contributed by atoms with van der Waals surface area (Å²) < 4.78 is 26.6. The Balaban J connectivity index is 1.61. The number of benzene rings is 1. The highest BCUT2D eigenvalue weighted by atomic mass is 19.1. The number of nitrogens with zero attached hydrogens (tertiary/aromatic N) is 3. The number of halogens is 2. The maximum absolute atomic E-state index is 13.6. The second-order valence-electron chi connectivity index (χ2n) is 6.46. The van der Waals surface area contributed by atoms with E-state index in [4.69, 9.17) is 0 Å². The van der Waals surface area contributed by atoms with Crippen LogP contribution in [0, 0.1) is 11.6 Å². The summed E-state index contributed by atoms with van der Waals surface area (Å²) >= 11 is 0. The fraction of sp³-hybridized carbons (Fsp3) is 0.389. The molecule has 1 aromatic carbocycles. The van der Waals surface area contributed by atoms with Crippen LogP contribution in [0.15, 0.2) is 24.4 Å². The van der Waals surface area contributed by atoms with E-state index in [1.54, 1.807) is 6.20 Å². The fourth-order valence-electron chi connectivity index (χ4n) is 2.95. The Hall–Kier alpha value is -2.57. The highest BCUT2D eigenvalue weighted by Crippen LogP contribution is 2.21. The van der Waals surface area contributed by atoms with Crippen molar-refractivity contribution in [2.75, 3.05) is 19.0 Å². The van der Waals surface area contributed by atoms with Crippen molar-refractivity contribution in [1.29, 1.82) is 0 Å². The van der Waals surface area contributed by atoms with Crippen molar-refractivity contribution in [2.45, 2.75) is 31.7 Å². The number of nitrogens with one attached hydrogen (secondary N) is 1. The minimum absolute atomic E-state index is 0.0303. The molecular weight excluding hydrogens is 326 g/mol. The lowest BCUT2D eigenvalue weighted by Gasteiger charge is -2.25. The molecule has 3 rings (SSSR count). The molecule has 0 saturated heterocycles. The van der Waals surface area contributed by atoms with Gasteiger partial charge in [-0.1, -0.05) is 6.07 Å². The van der Waals surface area contributed by atoms with Crippen molar-refractivity contribution in [2.24, 2.45) is 0 Å². The molecular formula is C18H20F2N4O. The van der Waals surface area contributed by atoms with E-state index in [0.717, 1.165) is 36.2 Å². The smallest absolute Gasteiger partial charge is 0.224 e. The van der Waals surface area contributed by atoms with Crippen LogP contribution < -0.4 is 10.2 Å². The number of amides is 1. The summed E-state index contributed by atoms with van der Waals surface area (Å²) in [6, 6.07) is 3.22. The number of rotatable bonds is 4. The Morgan fingerprint density at radius 2 is 2.16 bits per heavy atom. The normalized spacial score (nSPS) is 16.2. The third-order valence-corrected chi connectivity index (χ3v) is 4.27. The zero-order chi connectivity index (χ0) is 18.0. The van der Waals surface area contributed by atoms with Crippen molar-refractivity contribution in [3.8, 4) is 0 Å². The Morgan fingerprint density at radius 3 is 2.88 bits per heavy atom. The molecule has 1 amide bonds. The van der Waals surface area contributed by atoms with Gasteiger partial charge in [-0.25, -0.2) is 18.7 Å². The third kappa shape index (κ3) is 4.10. The first-order chi connectivity index (χ1) is 11.9. The van der Waals surface area contributed by atoms with Gasteiger partial charge in [0, 0.05) is 38.1 Å². The number of fused-ring (bicyclic) bond motifs is 1. The van der Waals surface area contributed by atoms with Crippen LogP contribution in [0.1, 0.15) is 23.2 Å². The minimum atomic E-state index is -0.700. The monoisotopic (exact) mass is 346 g/mol. The summed E-state index contributed by atoms with van der Waals surface area (Å²) in [5.74, 6) is -0.950. The van der Waals surface area contributed by atoms with E-state index in [2.05, 4.69) is 15.3 Å². The Bertz CT molecular complexity index is 795. The summed E-state index contributed by atoms with van der Waals surface area (Å²) in [6.45, 7) is 0. The van der Waals surface area contributed by atoms with E-state index in [1.165, 1.54) is 6.07 Å². The van der Waals surface area contributed by atoms with Gasteiger partial charge in [0.2, 0.25) is 11.9 Å². The molecule has 1 unspecified atom stereocenters. The van der Waals surface area contributed by atoms with Gasteiger partial charge in [0.15, 0.2) is 0 Å². The Morgan fingerprint density at radius 1 is 1.36 bits per heavy atom. The molecule has 2 aromatic rings. The number of hydrogen-bond acceptors (Lipinski definition) is 4. The van der Waals surface area contributed by atoms with Gasteiger partial charge in [-0.05, 0) is 36.5 Å². The molecule has 1 heterocycles. The first-order valence-corrected chi connectivity index (χ1v) is 8.18. The van der Waals surface area contributed by atoms with Crippen molar-refractivity contribution >= 4 is 11.9 Å². The standard InChI is InChI=1S/C18H20F2N4O/c1-24(2)18-21-10-12-7-14(5-6-16(12)23-18)22-17(25)8-11-3-4-13(19)9-15(11)20/h3-4,9-10,14H,5-8H2,1-2H3,(H,22,25). The maximum atomic E-state index is 13.6. The van der Waals surface area contributed by atoms with Crippen molar-refractivity contribution < 1.29 is 13.6 Å². The van der Waals surface area contributed by atoms with Gasteiger partial charge >= 0.3 is 0 Å². The van der Waals surface area contributed by atoms with Crippen LogP contribution in [-0.2, 0) is 24.1 Å². The van der Waals surface area contributed by atoms with Crippen LogP contribution in [0.2, 0.25) is 0 Å². The average Bonchev–Trinajstić information content (AvgIpc) is 2.57. The molecule has 0 aliphatic heterocycles. The highest BCUT2D eigenvalue weighted by Gasteiger charge is 2.22. The van der Waals surface area contributed by atoms with E-state index in [9.17, 15) is 13.6 Å². The quantitative estimate of drug-likeness (QED) is 0.920. The van der Waals surface area contributed by atoms with E-state index in [1.807, 2.05) is 19.0 Å². The maximum Gasteiger partial charge on any atom is 0.224 e. The largest absolute Gasteiger partial charge is 0.353 e. The molecule has 0 radical (unpaired) electrons. The van der Waals surface area contributed by atoms with Gasteiger partial charge in [0.1, 0.15) is 11.6 Å². The van der Waals surface area contributed by atoms with Gasteiger partial charge in [0.05, 0.1) is 6.42 Å². The fourth-order valence-corrected chi connectivity index (χ4v) is 2.95. The Kier molecular flexibility index (Phi) is 4.92. The molecule has 0 spiro atoms. The molecule has 5 nitrogen and oxygen atoms in total. The van der Waals surface area contributed by atoms with Crippen molar-refractivity contribution in [3.05, 3.63) is 52.9 Å². The van der Waals surface area contributed by atoms with Crippen LogP contribution in [0.3, 0.4) is 0 Å². The van der Waals surface area contributed by atoms with E-state index in [-0.39, 0.29) is 23.9 Å². The molecule has 1 atom stereocenters. The van der Waals surface area contributed by atoms with Gasteiger partial charge in [-0.3, -0.25) is 4.79 Å². The summed E-state index contributed by atoms with van der Waals surface area (Å²) in [5.41, 5.74) is 2.22. The molecule has 1 aliphatic carbocycles. The molecule has 7 heteroatoms. The van der Waals surface area contributed by atoms with Crippen LogP contribution in [-0.4, -0.2) is 36.0 Å². The molecule has 1 aromatic heterocycles. The van der Waals surface area contributed by atoms with E-state index >= 15 is 0 Å². The zero-order valence-corrected chi connectivity index (χ0v) is 14.2. The molecule has 132 valence electrons. The molecule has 0 saturated carbocycles. The van der Waals surface area contributed by atoms with Crippen LogP contribution in [0.25, 0.3) is 0 Å². The van der Waals surface area contributed by atoms with Crippen LogP contribution in [0.4, 0.5) is 14.7 Å². The lowest BCUT2D eigenvalue weighted by Crippen LogP contribution is -2.40. The molecule has 0 bridgehead atoms. The van der Waals surface area contributed by atoms with Gasteiger partial charge in [-0.15, -0.1) is 0 Å². The van der Waals surface area contributed by atoms with Crippen LogP contribution >= 0.6 is 0 Å². The van der Waals surface area contributed by atoms with Crippen molar-refractivity contribution in [3.63, 3.8) is 0 Å². The molecule has 25 heavy (non-hydrogen) atoms. The van der Waals surface area contributed by atoms with Gasteiger partial charge in [-0.2, -0.15) is 0 Å². The topological polar surface area (TPSA) is 58.1 Å². The average molecular weight is 346 g/mol. The lowest BCUT2D eigenvalue weighted by molar-refractivity contribution is -0.121. The van der Waals surface area contributed by atoms with Crippen LogP contribution in [0.5, 0.6) is 0 Å². The van der Waals surface area contributed by atoms with Gasteiger partial charge in [0.25, 0.3) is 0 Å². The molecule has 1 aliphatic rings. The highest BCUT2D eigenvalue weighted by molar-refractivity contribution is 5.79. The number of carbonyl (C=O) groups excluding carboxylic acids is 1. The number of aromatic nitrogens is 2. The third-order valence-electron chi connectivity index (χ3n) is 4.27.